The summed E-state index contributed by atoms with van der Waals surface area (Å²) in [5.41, 5.74) is 1.26. The van der Waals surface area contributed by atoms with Gasteiger partial charge in [-0.1, -0.05) is 28.1 Å². The van der Waals surface area contributed by atoms with Gasteiger partial charge in [0.2, 0.25) is 0 Å². The molecule has 1 fully saturated rings. The zero-order valence-electron chi connectivity index (χ0n) is 9.49. The minimum Gasteiger partial charge on any atom is -0.392 e. The number of rotatable bonds is 3. The predicted octanol–water partition coefficient (Wildman–Crippen LogP) is 3.01. The van der Waals surface area contributed by atoms with Crippen molar-refractivity contribution in [2.24, 2.45) is 0 Å². The molecule has 0 spiro atoms. The van der Waals surface area contributed by atoms with Gasteiger partial charge in [-0.2, -0.15) is 0 Å². The summed E-state index contributed by atoms with van der Waals surface area (Å²) in [4.78, 5) is 0. The maximum absolute atomic E-state index is 9.77. The van der Waals surface area contributed by atoms with Gasteiger partial charge in [0.25, 0.3) is 0 Å². The van der Waals surface area contributed by atoms with Crippen LogP contribution in [0.15, 0.2) is 28.7 Å². The summed E-state index contributed by atoms with van der Waals surface area (Å²) < 4.78 is 1.10. The molecule has 1 aliphatic carbocycles. The Morgan fingerprint density at radius 1 is 1.44 bits per heavy atom. The molecule has 3 atom stereocenters. The fourth-order valence-corrected chi connectivity index (χ4v) is 2.75. The van der Waals surface area contributed by atoms with Crippen LogP contribution >= 0.6 is 15.9 Å². The molecule has 0 aliphatic heterocycles. The van der Waals surface area contributed by atoms with Crippen LogP contribution in [0.25, 0.3) is 0 Å². The molecule has 0 saturated heterocycles. The van der Waals surface area contributed by atoms with E-state index in [4.69, 9.17) is 0 Å². The van der Waals surface area contributed by atoms with E-state index in [0.29, 0.717) is 0 Å². The fraction of sp³-hybridized carbons (Fsp3) is 0.538. The molecular formula is C13H18BrNO. The summed E-state index contributed by atoms with van der Waals surface area (Å²) in [5, 5.41) is 13.3. The van der Waals surface area contributed by atoms with Crippen LogP contribution in [-0.2, 0) is 0 Å². The summed E-state index contributed by atoms with van der Waals surface area (Å²) in [6.45, 7) is 2.15. The summed E-state index contributed by atoms with van der Waals surface area (Å²) >= 11 is 3.48. The Labute approximate surface area is 105 Å². The number of benzene rings is 1. The lowest BCUT2D eigenvalue weighted by Gasteiger charge is -2.22. The number of hydrogen-bond donors (Lipinski definition) is 2. The molecule has 2 N–H and O–H groups in total. The molecule has 2 nitrogen and oxygen atoms in total. The zero-order valence-corrected chi connectivity index (χ0v) is 11.1. The monoisotopic (exact) mass is 283 g/mol. The van der Waals surface area contributed by atoms with Crippen LogP contribution < -0.4 is 5.32 Å². The van der Waals surface area contributed by atoms with Crippen molar-refractivity contribution in [2.45, 2.75) is 44.4 Å². The molecule has 3 unspecified atom stereocenters. The van der Waals surface area contributed by atoms with Gasteiger partial charge in [-0.15, -0.1) is 0 Å². The normalized spacial score (nSPS) is 26.9. The molecule has 0 aromatic heterocycles. The molecule has 1 aromatic rings. The van der Waals surface area contributed by atoms with E-state index in [1.165, 1.54) is 5.56 Å². The first-order valence-corrected chi connectivity index (χ1v) is 6.65. The number of hydrogen-bond acceptors (Lipinski definition) is 2. The highest BCUT2D eigenvalue weighted by Gasteiger charge is 2.26. The lowest BCUT2D eigenvalue weighted by Crippen LogP contribution is -2.37. The molecule has 0 radical (unpaired) electrons. The Morgan fingerprint density at radius 3 is 2.88 bits per heavy atom. The summed E-state index contributed by atoms with van der Waals surface area (Å²) in [6, 6.07) is 8.86. The van der Waals surface area contributed by atoms with Crippen molar-refractivity contribution in [2.75, 3.05) is 0 Å². The van der Waals surface area contributed by atoms with Crippen molar-refractivity contribution < 1.29 is 5.11 Å². The van der Waals surface area contributed by atoms with Gasteiger partial charge in [-0.05, 0) is 43.9 Å². The van der Waals surface area contributed by atoms with E-state index in [-0.39, 0.29) is 18.2 Å². The number of nitrogens with one attached hydrogen (secondary N) is 1. The zero-order chi connectivity index (χ0) is 11.5. The molecule has 1 aliphatic rings. The van der Waals surface area contributed by atoms with Crippen LogP contribution in [0.1, 0.15) is 37.8 Å². The first kappa shape index (κ1) is 12.1. The van der Waals surface area contributed by atoms with Crippen molar-refractivity contribution in [1.29, 1.82) is 0 Å². The van der Waals surface area contributed by atoms with E-state index in [9.17, 15) is 5.11 Å². The molecule has 0 bridgehead atoms. The molecule has 0 amide bonds. The average Bonchev–Trinajstić information content (AvgIpc) is 2.64. The third-order valence-corrected chi connectivity index (χ3v) is 3.79. The highest BCUT2D eigenvalue weighted by atomic mass is 79.9. The highest BCUT2D eigenvalue weighted by molar-refractivity contribution is 9.10. The first-order chi connectivity index (χ1) is 7.66. The van der Waals surface area contributed by atoms with E-state index in [1.54, 1.807) is 0 Å². The van der Waals surface area contributed by atoms with Gasteiger partial charge in [0.05, 0.1) is 6.10 Å². The van der Waals surface area contributed by atoms with Crippen molar-refractivity contribution in [1.82, 2.24) is 5.32 Å². The van der Waals surface area contributed by atoms with Gasteiger partial charge in [-0.25, -0.2) is 0 Å². The summed E-state index contributed by atoms with van der Waals surface area (Å²) in [5.74, 6) is 0. The Kier molecular flexibility index (Phi) is 4.00. The number of aliphatic hydroxyl groups is 1. The van der Waals surface area contributed by atoms with Crippen molar-refractivity contribution in [3.8, 4) is 0 Å². The molecule has 1 saturated carbocycles. The standard InChI is InChI=1S/C13H18BrNO/c1-9(10-4-2-5-11(14)8-10)15-12-6-3-7-13(12)16/h2,4-5,8-9,12-13,15-16H,3,6-7H2,1H3. The molecule has 3 heteroatoms. The van der Waals surface area contributed by atoms with Crippen molar-refractivity contribution >= 4 is 15.9 Å². The maximum atomic E-state index is 9.77. The minimum absolute atomic E-state index is 0.172. The van der Waals surface area contributed by atoms with E-state index >= 15 is 0 Å². The average molecular weight is 284 g/mol. The van der Waals surface area contributed by atoms with Gasteiger partial charge in [0.15, 0.2) is 0 Å². The van der Waals surface area contributed by atoms with Crippen LogP contribution in [0.5, 0.6) is 0 Å². The quantitative estimate of drug-likeness (QED) is 0.894. The second-order valence-electron chi connectivity index (χ2n) is 4.55. The van der Waals surface area contributed by atoms with Crippen molar-refractivity contribution in [3.63, 3.8) is 0 Å². The van der Waals surface area contributed by atoms with Crippen LogP contribution in [0.4, 0.5) is 0 Å². The molecule has 88 valence electrons. The van der Waals surface area contributed by atoms with E-state index in [0.717, 1.165) is 23.7 Å². The summed E-state index contributed by atoms with van der Waals surface area (Å²) in [7, 11) is 0. The van der Waals surface area contributed by atoms with Crippen LogP contribution in [0, 0.1) is 0 Å². The maximum Gasteiger partial charge on any atom is 0.0693 e. The second-order valence-corrected chi connectivity index (χ2v) is 5.46. The van der Waals surface area contributed by atoms with Gasteiger partial charge in [-0.3, -0.25) is 0 Å². The smallest absolute Gasteiger partial charge is 0.0693 e. The minimum atomic E-state index is -0.172. The first-order valence-electron chi connectivity index (χ1n) is 5.86. The molecule has 0 heterocycles. The Morgan fingerprint density at radius 2 is 2.25 bits per heavy atom. The lowest BCUT2D eigenvalue weighted by molar-refractivity contribution is 0.144. The fourth-order valence-electron chi connectivity index (χ4n) is 2.33. The van der Waals surface area contributed by atoms with E-state index in [2.05, 4.69) is 40.3 Å². The van der Waals surface area contributed by atoms with E-state index in [1.807, 2.05) is 12.1 Å². The van der Waals surface area contributed by atoms with Crippen LogP contribution in [-0.4, -0.2) is 17.3 Å². The van der Waals surface area contributed by atoms with Gasteiger partial charge in [0.1, 0.15) is 0 Å². The largest absolute Gasteiger partial charge is 0.392 e. The van der Waals surface area contributed by atoms with Gasteiger partial charge < -0.3 is 10.4 Å². The van der Waals surface area contributed by atoms with Crippen LogP contribution in [0.2, 0.25) is 0 Å². The Hall–Kier alpha value is -0.380. The SMILES string of the molecule is CC(NC1CCCC1O)c1cccc(Br)c1. The molecule has 16 heavy (non-hydrogen) atoms. The Bertz CT molecular complexity index is 356. The topological polar surface area (TPSA) is 32.3 Å². The third-order valence-electron chi connectivity index (χ3n) is 3.29. The van der Waals surface area contributed by atoms with Crippen LogP contribution in [0.3, 0.4) is 0 Å². The summed E-state index contributed by atoms with van der Waals surface area (Å²) in [6.07, 6.45) is 2.97. The molecule has 1 aromatic carbocycles. The van der Waals surface area contributed by atoms with E-state index < -0.39 is 0 Å². The predicted molar refractivity (Wildman–Crippen MR) is 69.3 cm³/mol. The lowest BCUT2D eigenvalue weighted by atomic mass is 10.1. The molecular weight excluding hydrogens is 266 g/mol. The highest BCUT2D eigenvalue weighted by Crippen LogP contribution is 2.23. The van der Waals surface area contributed by atoms with Gasteiger partial charge in [0, 0.05) is 16.6 Å². The second kappa shape index (κ2) is 5.30. The number of halogens is 1. The molecule has 2 rings (SSSR count). The van der Waals surface area contributed by atoms with Gasteiger partial charge >= 0.3 is 0 Å². The van der Waals surface area contributed by atoms with Crippen molar-refractivity contribution in [3.05, 3.63) is 34.3 Å². The Balaban J connectivity index is 1.99. The third kappa shape index (κ3) is 2.84. The number of aliphatic hydroxyl groups excluding tert-OH is 1.